The van der Waals surface area contributed by atoms with E-state index in [1.807, 2.05) is 0 Å². The zero-order chi connectivity index (χ0) is 12.3. The van der Waals surface area contributed by atoms with Crippen LogP contribution in [0.25, 0.3) is 0 Å². The number of rotatable bonds is 3. The maximum absolute atomic E-state index is 13.3. The van der Waals surface area contributed by atoms with E-state index in [9.17, 15) is 8.78 Å². The van der Waals surface area contributed by atoms with Gasteiger partial charge in [-0.1, -0.05) is 6.07 Å². The number of benzene rings is 1. The maximum atomic E-state index is 13.3. The van der Waals surface area contributed by atoms with Gasteiger partial charge in [0.05, 0.1) is 12.7 Å². The lowest BCUT2D eigenvalue weighted by Gasteiger charge is -2.28. The van der Waals surface area contributed by atoms with Crippen LogP contribution in [0.15, 0.2) is 18.2 Å². The van der Waals surface area contributed by atoms with Gasteiger partial charge in [0, 0.05) is 24.7 Å². The molecule has 2 rings (SSSR count). The standard InChI is InChI=1S/C13H17F2NO/c1-16-6-4-12(5-7-16)17-9-10-2-3-11(14)8-13(10)15/h2-3,8,12H,4-7,9H2,1H3. The molecule has 1 aromatic rings. The first-order valence-electron chi connectivity index (χ1n) is 5.89. The lowest BCUT2D eigenvalue weighted by molar-refractivity contribution is 0.00103. The third-order valence-electron chi connectivity index (χ3n) is 3.16. The SMILES string of the molecule is CN1CCC(OCc2ccc(F)cc2F)CC1. The summed E-state index contributed by atoms with van der Waals surface area (Å²) in [5, 5.41) is 0. The summed E-state index contributed by atoms with van der Waals surface area (Å²) in [7, 11) is 2.08. The number of halogens is 2. The first-order chi connectivity index (χ1) is 8.15. The molecule has 0 spiro atoms. The normalized spacial score (nSPS) is 18.5. The molecule has 1 heterocycles. The summed E-state index contributed by atoms with van der Waals surface area (Å²) in [6, 6.07) is 3.60. The molecular formula is C13H17F2NO. The lowest BCUT2D eigenvalue weighted by Crippen LogP contribution is -2.34. The summed E-state index contributed by atoms with van der Waals surface area (Å²) in [5.41, 5.74) is 0.422. The van der Waals surface area contributed by atoms with Crippen molar-refractivity contribution in [3.63, 3.8) is 0 Å². The fourth-order valence-electron chi connectivity index (χ4n) is 2.00. The van der Waals surface area contributed by atoms with Crippen molar-refractivity contribution in [3.8, 4) is 0 Å². The van der Waals surface area contributed by atoms with Gasteiger partial charge in [-0.25, -0.2) is 8.78 Å². The van der Waals surface area contributed by atoms with E-state index in [1.165, 1.54) is 12.1 Å². The molecule has 1 aliphatic rings. The summed E-state index contributed by atoms with van der Waals surface area (Å²) < 4.78 is 31.7. The Morgan fingerprint density at radius 3 is 2.65 bits per heavy atom. The molecule has 1 aliphatic heterocycles. The van der Waals surface area contributed by atoms with E-state index in [2.05, 4.69) is 11.9 Å². The number of nitrogens with zero attached hydrogens (tertiary/aromatic N) is 1. The molecule has 1 saturated heterocycles. The molecule has 0 bridgehead atoms. The Morgan fingerprint density at radius 2 is 2.00 bits per heavy atom. The molecule has 1 aromatic carbocycles. The van der Waals surface area contributed by atoms with Crippen molar-refractivity contribution in [1.29, 1.82) is 0 Å². The van der Waals surface area contributed by atoms with Crippen LogP contribution in [0.3, 0.4) is 0 Å². The van der Waals surface area contributed by atoms with Gasteiger partial charge >= 0.3 is 0 Å². The Kier molecular flexibility index (Phi) is 4.07. The molecule has 0 amide bonds. The molecule has 0 aliphatic carbocycles. The maximum Gasteiger partial charge on any atom is 0.131 e. The van der Waals surface area contributed by atoms with Crippen LogP contribution >= 0.6 is 0 Å². The monoisotopic (exact) mass is 241 g/mol. The van der Waals surface area contributed by atoms with Crippen molar-refractivity contribution in [1.82, 2.24) is 4.90 Å². The largest absolute Gasteiger partial charge is 0.373 e. The minimum atomic E-state index is -0.550. The Labute approximate surface area is 100 Å². The highest BCUT2D eigenvalue weighted by Crippen LogP contribution is 2.16. The zero-order valence-electron chi connectivity index (χ0n) is 9.96. The van der Waals surface area contributed by atoms with Crippen molar-refractivity contribution < 1.29 is 13.5 Å². The highest BCUT2D eigenvalue weighted by atomic mass is 19.1. The quantitative estimate of drug-likeness (QED) is 0.806. The van der Waals surface area contributed by atoms with E-state index < -0.39 is 11.6 Å². The van der Waals surface area contributed by atoms with E-state index in [0.717, 1.165) is 32.0 Å². The number of ether oxygens (including phenoxy) is 1. The topological polar surface area (TPSA) is 12.5 Å². The molecule has 0 atom stereocenters. The van der Waals surface area contributed by atoms with Crippen LogP contribution in [0.2, 0.25) is 0 Å². The molecule has 94 valence electrons. The van der Waals surface area contributed by atoms with Crippen molar-refractivity contribution in [2.45, 2.75) is 25.6 Å². The first kappa shape index (κ1) is 12.5. The minimum Gasteiger partial charge on any atom is -0.373 e. The van der Waals surface area contributed by atoms with Crippen molar-refractivity contribution in [3.05, 3.63) is 35.4 Å². The van der Waals surface area contributed by atoms with Crippen molar-refractivity contribution in [2.24, 2.45) is 0 Å². The molecule has 0 radical (unpaired) electrons. The van der Waals surface area contributed by atoms with Gasteiger partial charge in [-0.15, -0.1) is 0 Å². The van der Waals surface area contributed by atoms with Gasteiger partial charge in [0.2, 0.25) is 0 Å². The summed E-state index contributed by atoms with van der Waals surface area (Å²) in [6.45, 7) is 2.24. The van der Waals surface area contributed by atoms with Gasteiger partial charge in [-0.2, -0.15) is 0 Å². The third-order valence-corrected chi connectivity index (χ3v) is 3.16. The Bertz CT molecular complexity index is 376. The smallest absolute Gasteiger partial charge is 0.131 e. The predicted octanol–water partition coefficient (Wildman–Crippen LogP) is 2.58. The van der Waals surface area contributed by atoms with Crippen LogP contribution in [-0.4, -0.2) is 31.1 Å². The van der Waals surface area contributed by atoms with E-state index in [0.29, 0.717) is 5.56 Å². The second-order valence-electron chi connectivity index (χ2n) is 4.55. The second kappa shape index (κ2) is 5.56. The van der Waals surface area contributed by atoms with Crippen molar-refractivity contribution in [2.75, 3.05) is 20.1 Å². The first-order valence-corrected chi connectivity index (χ1v) is 5.89. The van der Waals surface area contributed by atoms with Gasteiger partial charge in [0.25, 0.3) is 0 Å². The van der Waals surface area contributed by atoms with Gasteiger partial charge in [0.1, 0.15) is 11.6 Å². The molecule has 1 fully saturated rings. The molecule has 0 unspecified atom stereocenters. The van der Waals surface area contributed by atoms with Crippen LogP contribution in [0.4, 0.5) is 8.78 Å². The molecule has 0 N–H and O–H groups in total. The number of piperidine rings is 1. The van der Waals surface area contributed by atoms with Crippen LogP contribution < -0.4 is 0 Å². The highest BCUT2D eigenvalue weighted by Gasteiger charge is 2.17. The van der Waals surface area contributed by atoms with Crippen LogP contribution in [-0.2, 0) is 11.3 Å². The van der Waals surface area contributed by atoms with E-state index in [4.69, 9.17) is 4.74 Å². The van der Waals surface area contributed by atoms with Crippen LogP contribution in [0.5, 0.6) is 0 Å². The fourth-order valence-corrected chi connectivity index (χ4v) is 2.00. The van der Waals surface area contributed by atoms with E-state index >= 15 is 0 Å². The Hall–Kier alpha value is -1.00. The number of likely N-dealkylation sites (tertiary alicyclic amines) is 1. The molecule has 17 heavy (non-hydrogen) atoms. The Balaban J connectivity index is 1.85. The fraction of sp³-hybridized carbons (Fsp3) is 0.538. The van der Waals surface area contributed by atoms with Crippen molar-refractivity contribution >= 4 is 0 Å². The summed E-state index contributed by atoms with van der Waals surface area (Å²) >= 11 is 0. The third kappa shape index (κ3) is 3.48. The lowest BCUT2D eigenvalue weighted by atomic mass is 10.1. The predicted molar refractivity (Wildman–Crippen MR) is 61.7 cm³/mol. The summed E-state index contributed by atoms with van der Waals surface area (Å²) in [5.74, 6) is -1.08. The molecule has 4 heteroatoms. The van der Waals surface area contributed by atoms with Gasteiger partial charge in [0.15, 0.2) is 0 Å². The van der Waals surface area contributed by atoms with Gasteiger partial charge < -0.3 is 9.64 Å². The Morgan fingerprint density at radius 1 is 1.29 bits per heavy atom. The molecule has 0 aromatic heterocycles. The minimum absolute atomic E-state index is 0.190. The zero-order valence-corrected chi connectivity index (χ0v) is 9.96. The number of hydrogen-bond acceptors (Lipinski definition) is 2. The molecule has 2 nitrogen and oxygen atoms in total. The highest BCUT2D eigenvalue weighted by molar-refractivity contribution is 5.17. The van der Waals surface area contributed by atoms with E-state index in [-0.39, 0.29) is 12.7 Å². The second-order valence-corrected chi connectivity index (χ2v) is 4.55. The average Bonchev–Trinajstić information content (AvgIpc) is 2.30. The molecular weight excluding hydrogens is 224 g/mol. The number of hydrogen-bond donors (Lipinski definition) is 0. The van der Waals surface area contributed by atoms with Crippen LogP contribution in [0, 0.1) is 11.6 Å². The summed E-state index contributed by atoms with van der Waals surface area (Å²) in [6.07, 6.45) is 2.13. The summed E-state index contributed by atoms with van der Waals surface area (Å²) in [4.78, 5) is 2.25. The van der Waals surface area contributed by atoms with Crippen LogP contribution in [0.1, 0.15) is 18.4 Å². The van der Waals surface area contributed by atoms with E-state index in [1.54, 1.807) is 0 Å². The average molecular weight is 241 g/mol. The molecule has 0 saturated carbocycles. The van der Waals surface area contributed by atoms with Gasteiger partial charge in [-0.3, -0.25) is 0 Å². The van der Waals surface area contributed by atoms with Gasteiger partial charge in [-0.05, 0) is 26.0 Å².